The Morgan fingerprint density at radius 3 is 2.46 bits per heavy atom. The average Bonchev–Trinajstić information content (AvgIpc) is 2.57. The lowest BCUT2D eigenvalue weighted by atomic mass is 9.95. The Labute approximate surface area is 151 Å². The van der Waals surface area contributed by atoms with Crippen molar-refractivity contribution in [2.45, 2.75) is 32.2 Å². The summed E-state index contributed by atoms with van der Waals surface area (Å²) in [5.41, 5.74) is 1.09. The van der Waals surface area contributed by atoms with Crippen molar-refractivity contribution < 1.29 is 27.7 Å². The Morgan fingerprint density at radius 2 is 1.85 bits per heavy atom. The van der Waals surface area contributed by atoms with Gasteiger partial charge in [0.15, 0.2) is 0 Å². The third kappa shape index (κ3) is 5.03. The van der Waals surface area contributed by atoms with Crippen molar-refractivity contribution in [2.75, 3.05) is 5.75 Å². The van der Waals surface area contributed by atoms with Gasteiger partial charge in [-0.25, -0.2) is 4.79 Å². The van der Waals surface area contributed by atoms with E-state index in [9.17, 15) is 18.0 Å². The highest BCUT2D eigenvalue weighted by atomic mass is 32.2. The van der Waals surface area contributed by atoms with Gasteiger partial charge in [0.1, 0.15) is 11.8 Å². The maximum Gasteiger partial charge on any atom is 0.327 e. The summed E-state index contributed by atoms with van der Waals surface area (Å²) >= 11 is 0. The summed E-state index contributed by atoms with van der Waals surface area (Å²) in [6.45, 7) is 2.02. The molecule has 0 aromatic heterocycles. The maximum atomic E-state index is 12.8. The molecule has 0 saturated heterocycles. The summed E-state index contributed by atoms with van der Waals surface area (Å²) in [4.78, 5) is 24.1. The first kappa shape index (κ1) is 19.9. The molecular weight excluding hydrogens is 358 g/mol. The standard InChI is InChI=1S/C18H21NO6S/c1-2-3-6-13-10-9-12-7-4-5-8-14(12)16(13)17(20)19-15(18(21)22)11-26(23,24)25/h4-5,7-10,15H,2-3,6,11H2,1H3,(H,19,20)(H,21,22)(H,23,24,25)/t15-/m0/s1. The van der Waals surface area contributed by atoms with Crippen LogP contribution in [0.5, 0.6) is 0 Å². The number of amides is 1. The van der Waals surface area contributed by atoms with Gasteiger partial charge in [-0.05, 0) is 29.2 Å². The summed E-state index contributed by atoms with van der Waals surface area (Å²) in [5, 5.41) is 12.9. The highest BCUT2D eigenvalue weighted by Crippen LogP contribution is 2.24. The predicted octanol–water partition coefficient (Wildman–Crippen LogP) is 2.25. The van der Waals surface area contributed by atoms with Crippen LogP contribution in [0.25, 0.3) is 10.8 Å². The van der Waals surface area contributed by atoms with E-state index in [-0.39, 0.29) is 0 Å². The molecule has 0 aliphatic rings. The fourth-order valence-corrected chi connectivity index (χ4v) is 3.42. The van der Waals surface area contributed by atoms with Crippen molar-refractivity contribution >= 4 is 32.8 Å². The normalized spacial score (nSPS) is 12.7. The van der Waals surface area contributed by atoms with Crippen LogP contribution in [0.4, 0.5) is 0 Å². The van der Waals surface area contributed by atoms with Gasteiger partial charge in [-0.1, -0.05) is 49.7 Å². The highest BCUT2D eigenvalue weighted by Gasteiger charge is 2.27. The lowest BCUT2D eigenvalue weighted by molar-refractivity contribution is -0.138. The number of carboxylic acid groups (broad SMARTS) is 1. The molecule has 26 heavy (non-hydrogen) atoms. The molecule has 140 valence electrons. The molecule has 2 aromatic rings. The van der Waals surface area contributed by atoms with E-state index in [1.165, 1.54) is 0 Å². The van der Waals surface area contributed by atoms with E-state index < -0.39 is 33.8 Å². The minimum absolute atomic E-state index is 0.332. The number of unbranched alkanes of at least 4 members (excludes halogenated alkanes) is 1. The van der Waals surface area contributed by atoms with Gasteiger partial charge in [0.25, 0.3) is 16.0 Å². The van der Waals surface area contributed by atoms with Crippen LogP contribution in [0.15, 0.2) is 36.4 Å². The second-order valence-electron chi connectivity index (χ2n) is 6.04. The van der Waals surface area contributed by atoms with E-state index >= 15 is 0 Å². The molecule has 1 atom stereocenters. The quantitative estimate of drug-likeness (QED) is 0.605. The number of carbonyl (C=O) groups is 2. The molecule has 0 bridgehead atoms. The van der Waals surface area contributed by atoms with Gasteiger partial charge in [0.2, 0.25) is 0 Å². The van der Waals surface area contributed by atoms with Crippen molar-refractivity contribution in [3.05, 3.63) is 47.5 Å². The van der Waals surface area contributed by atoms with Crippen LogP contribution < -0.4 is 5.32 Å². The Bertz CT molecular complexity index is 922. The molecular formula is C18H21NO6S. The van der Waals surface area contributed by atoms with Crippen LogP contribution in [0.3, 0.4) is 0 Å². The first-order chi connectivity index (χ1) is 12.2. The minimum Gasteiger partial charge on any atom is -0.480 e. The number of carbonyl (C=O) groups excluding carboxylic acids is 1. The van der Waals surface area contributed by atoms with Crippen LogP contribution in [-0.4, -0.2) is 41.7 Å². The number of aryl methyl sites for hydroxylation is 1. The zero-order valence-electron chi connectivity index (χ0n) is 14.3. The van der Waals surface area contributed by atoms with Crippen LogP contribution >= 0.6 is 0 Å². The molecule has 2 rings (SSSR count). The Hall–Kier alpha value is -2.45. The predicted molar refractivity (Wildman–Crippen MR) is 97.9 cm³/mol. The fraction of sp³-hybridized carbons (Fsp3) is 0.333. The summed E-state index contributed by atoms with van der Waals surface area (Å²) in [6.07, 6.45) is 2.42. The second kappa shape index (κ2) is 8.29. The maximum absolute atomic E-state index is 12.8. The monoisotopic (exact) mass is 379 g/mol. The zero-order valence-corrected chi connectivity index (χ0v) is 15.1. The van der Waals surface area contributed by atoms with Gasteiger partial charge in [-0.2, -0.15) is 8.42 Å². The van der Waals surface area contributed by atoms with Crippen LogP contribution in [0, 0.1) is 0 Å². The molecule has 0 fully saturated rings. The summed E-state index contributed by atoms with van der Waals surface area (Å²) < 4.78 is 31.0. The number of hydrogen-bond donors (Lipinski definition) is 3. The van der Waals surface area contributed by atoms with E-state index in [0.29, 0.717) is 17.4 Å². The van der Waals surface area contributed by atoms with E-state index in [1.54, 1.807) is 12.1 Å². The third-order valence-electron chi connectivity index (χ3n) is 4.02. The third-order valence-corrected chi connectivity index (χ3v) is 4.78. The van der Waals surface area contributed by atoms with Crippen LogP contribution in [0.1, 0.15) is 35.7 Å². The number of hydrogen-bond acceptors (Lipinski definition) is 4. The van der Waals surface area contributed by atoms with Crippen molar-refractivity contribution in [2.24, 2.45) is 0 Å². The summed E-state index contributed by atoms with van der Waals surface area (Å²) in [6, 6.07) is 9.18. The molecule has 8 heteroatoms. The molecule has 7 nitrogen and oxygen atoms in total. The molecule has 0 aliphatic heterocycles. The van der Waals surface area contributed by atoms with Gasteiger partial charge in [0, 0.05) is 0 Å². The number of aliphatic carboxylic acids is 1. The van der Waals surface area contributed by atoms with Crippen molar-refractivity contribution in [3.63, 3.8) is 0 Å². The summed E-state index contributed by atoms with van der Waals surface area (Å²) in [5.74, 6) is -3.31. The van der Waals surface area contributed by atoms with E-state index in [2.05, 4.69) is 5.32 Å². The SMILES string of the molecule is CCCCc1ccc2ccccc2c1C(=O)N[C@@H](CS(=O)(=O)O)C(=O)O. The Morgan fingerprint density at radius 1 is 1.15 bits per heavy atom. The van der Waals surface area contributed by atoms with Crippen molar-refractivity contribution in [3.8, 4) is 0 Å². The highest BCUT2D eigenvalue weighted by molar-refractivity contribution is 7.85. The van der Waals surface area contributed by atoms with E-state index in [0.717, 1.165) is 23.8 Å². The molecule has 0 spiro atoms. The molecule has 0 heterocycles. The molecule has 3 N–H and O–H groups in total. The molecule has 1 amide bonds. The average molecular weight is 379 g/mol. The summed E-state index contributed by atoms with van der Waals surface area (Å²) in [7, 11) is -4.56. The molecule has 0 saturated carbocycles. The number of carboxylic acids is 1. The molecule has 2 aromatic carbocycles. The first-order valence-corrected chi connectivity index (χ1v) is 9.83. The van der Waals surface area contributed by atoms with Gasteiger partial charge in [0.05, 0.1) is 5.56 Å². The first-order valence-electron chi connectivity index (χ1n) is 8.22. The zero-order chi connectivity index (χ0) is 19.3. The van der Waals surface area contributed by atoms with Gasteiger partial charge >= 0.3 is 5.97 Å². The van der Waals surface area contributed by atoms with Crippen LogP contribution in [-0.2, 0) is 21.3 Å². The van der Waals surface area contributed by atoms with Gasteiger partial charge in [-0.3, -0.25) is 9.35 Å². The van der Waals surface area contributed by atoms with Gasteiger partial charge < -0.3 is 10.4 Å². The largest absolute Gasteiger partial charge is 0.480 e. The Balaban J connectivity index is 2.45. The van der Waals surface area contributed by atoms with E-state index in [4.69, 9.17) is 9.66 Å². The van der Waals surface area contributed by atoms with Crippen molar-refractivity contribution in [1.82, 2.24) is 5.32 Å². The number of benzene rings is 2. The molecule has 0 unspecified atom stereocenters. The smallest absolute Gasteiger partial charge is 0.327 e. The van der Waals surface area contributed by atoms with E-state index in [1.807, 2.05) is 31.2 Å². The second-order valence-corrected chi connectivity index (χ2v) is 7.53. The molecule has 0 aliphatic carbocycles. The van der Waals surface area contributed by atoms with Crippen molar-refractivity contribution in [1.29, 1.82) is 0 Å². The lowest BCUT2D eigenvalue weighted by Gasteiger charge is -2.17. The topological polar surface area (TPSA) is 121 Å². The molecule has 0 radical (unpaired) electrons. The number of fused-ring (bicyclic) bond motifs is 1. The minimum atomic E-state index is -4.56. The van der Waals surface area contributed by atoms with Crippen LogP contribution in [0.2, 0.25) is 0 Å². The number of nitrogens with one attached hydrogen (secondary N) is 1. The fourth-order valence-electron chi connectivity index (χ4n) is 2.78. The number of rotatable bonds is 8. The lowest BCUT2D eigenvalue weighted by Crippen LogP contribution is -2.45. The Kier molecular flexibility index (Phi) is 6.33. The van der Waals surface area contributed by atoms with Gasteiger partial charge in [-0.15, -0.1) is 0 Å².